The Morgan fingerprint density at radius 1 is 0.823 bits per heavy atom. The maximum absolute atomic E-state index is 15.9. The van der Waals surface area contributed by atoms with Crippen molar-refractivity contribution >= 4 is 41.4 Å². The molecule has 1 aromatic heterocycles. The molecule has 2 bridgehead atoms. The number of allylic oxidation sites excluding steroid dienone is 1. The Hall–Kier alpha value is -6.82. The number of aliphatic hydroxyl groups is 1. The van der Waals surface area contributed by atoms with Crippen LogP contribution < -0.4 is 32.0 Å². The van der Waals surface area contributed by atoms with Crippen molar-refractivity contribution in [2.24, 2.45) is 21.6 Å². The molecule has 3 unspecified atom stereocenters. The Kier molecular flexibility index (Phi) is 19.5. The van der Waals surface area contributed by atoms with Crippen LogP contribution in [-0.2, 0) is 36.9 Å². The highest BCUT2D eigenvalue weighted by atomic mass is 19.4. The lowest BCUT2D eigenvalue weighted by molar-refractivity contribution is -0.222. The minimum absolute atomic E-state index is 0.302. The van der Waals surface area contributed by atoms with E-state index >= 15 is 8.78 Å². The van der Waals surface area contributed by atoms with Crippen LogP contribution in [0.25, 0.3) is 5.70 Å². The average Bonchev–Trinajstić information content (AvgIpc) is 3.70. The van der Waals surface area contributed by atoms with Gasteiger partial charge in [-0.3, -0.25) is 29.5 Å². The summed E-state index contributed by atoms with van der Waals surface area (Å²) in [7, 11) is 0. The first-order valence-corrected chi connectivity index (χ1v) is 25.0. The number of anilines is 1. The van der Waals surface area contributed by atoms with E-state index in [2.05, 4.69) is 42.4 Å². The summed E-state index contributed by atoms with van der Waals surface area (Å²) in [6.45, 7) is 1.98. The number of pyridine rings is 1. The van der Waals surface area contributed by atoms with Crippen molar-refractivity contribution in [3.05, 3.63) is 100 Å². The minimum atomic E-state index is -5.17. The van der Waals surface area contributed by atoms with Crippen LogP contribution in [-0.4, -0.2) is 144 Å². The van der Waals surface area contributed by atoms with Gasteiger partial charge in [-0.2, -0.15) is 35.1 Å². The number of nitrogens with zero attached hydrogens (tertiary/aromatic N) is 5. The number of aromatic nitrogens is 1. The third-order valence-electron chi connectivity index (χ3n) is 14.3. The number of benzene rings is 2. The van der Waals surface area contributed by atoms with Gasteiger partial charge >= 0.3 is 18.9 Å². The van der Waals surface area contributed by atoms with Crippen LogP contribution in [0.1, 0.15) is 82.2 Å². The molecule has 16 nitrogen and oxygen atoms in total. The SMILES string of the molecule is CC(=O)NC(C(=O)N[C@@H](Cc1ccc(C#Cc2ccc(N3CC4CCC(C3)N4C3COC3)nc2)cc1)[C@@H](O)CN(Cc1c(F)cc(C(N)=CC=NC(F)F)cc1F)NC(=O)[C@@H](NC(C)=O)C(C)(C)C(F)(F)F)C(C)(C)C(F)(F)F. The smallest absolute Gasteiger partial charge is 0.396 e. The van der Waals surface area contributed by atoms with Gasteiger partial charge in [0.2, 0.25) is 17.7 Å². The largest absolute Gasteiger partial charge is 0.398 e. The number of piperazine rings is 1. The maximum Gasteiger partial charge on any atom is 0.396 e. The van der Waals surface area contributed by atoms with E-state index in [9.17, 15) is 59.4 Å². The fourth-order valence-electron chi connectivity index (χ4n) is 9.43. The molecule has 3 aliphatic heterocycles. The number of hydrazine groups is 1. The number of carbonyl (C=O) groups is 4. The van der Waals surface area contributed by atoms with E-state index in [0.717, 1.165) is 64.9 Å². The lowest BCUT2D eigenvalue weighted by atomic mass is 9.82. The quantitative estimate of drug-likeness (QED) is 0.0274. The second kappa shape index (κ2) is 25.1. The Morgan fingerprint density at radius 3 is 1.84 bits per heavy atom. The number of aliphatic hydroxyl groups excluding tert-OH is 1. The molecule has 0 radical (unpaired) electrons. The van der Waals surface area contributed by atoms with Gasteiger partial charge in [0.05, 0.1) is 42.2 Å². The highest BCUT2D eigenvalue weighted by molar-refractivity contribution is 5.88. The van der Waals surface area contributed by atoms with Gasteiger partial charge in [-0.05, 0) is 95.0 Å². The topological polar surface area (TPSA) is 207 Å². The van der Waals surface area contributed by atoms with Gasteiger partial charge in [-0.15, -0.1) is 0 Å². The first-order valence-electron chi connectivity index (χ1n) is 25.0. The van der Waals surface area contributed by atoms with Gasteiger partial charge in [-0.25, -0.2) is 23.8 Å². The Bertz CT molecular complexity index is 2760. The van der Waals surface area contributed by atoms with E-state index in [1.807, 2.05) is 22.8 Å². The summed E-state index contributed by atoms with van der Waals surface area (Å²) in [5.74, 6) is -1.17. The fraction of sp³-hybridized carbons (Fsp3) is 0.509. The number of halogens is 10. The first kappa shape index (κ1) is 61.4. The highest BCUT2D eigenvalue weighted by Gasteiger charge is 2.57. The second-order valence-corrected chi connectivity index (χ2v) is 20.8. The van der Waals surface area contributed by atoms with Crippen LogP contribution in [0.15, 0.2) is 65.8 Å². The van der Waals surface area contributed by atoms with Gasteiger partial charge in [0.25, 0.3) is 5.91 Å². The third-order valence-corrected chi connectivity index (χ3v) is 14.3. The molecule has 79 heavy (non-hydrogen) atoms. The molecule has 0 aliphatic carbocycles. The molecule has 3 saturated heterocycles. The summed E-state index contributed by atoms with van der Waals surface area (Å²) in [6, 6.07) is 5.98. The molecule has 430 valence electrons. The maximum atomic E-state index is 15.9. The molecule has 7 N–H and O–H groups in total. The number of aliphatic imine (C=N–C) groups is 1. The number of fused-ring (bicyclic) bond motifs is 2. The van der Waals surface area contributed by atoms with E-state index in [1.54, 1.807) is 18.3 Å². The molecule has 4 heterocycles. The van der Waals surface area contributed by atoms with Crippen molar-refractivity contribution in [3.63, 3.8) is 0 Å². The molecule has 0 saturated carbocycles. The van der Waals surface area contributed by atoms with Crippen LogP contribution >= 0.6 is 0 Å². The second-order valence-electron chi connectivity index (χ2n) is 20.8. The molecule has 26 heteroatoms. The van der Waals surface area contributed by atoms with Crippen LogP contribution in [0.5, 0.6) is 0 Å². The monoisotopic (exact) mass is 1120 g/mol. The number of rotatable bonds is 20. The fourth-order valence-corrected chi connectivity index (χ4v) is 9.43. The van der Waals surface area contributed by atoms with Crippen molar-refractivity contribution in [1.82, 2.24) is 36.3 Å². The van der Waals surface area contributed by atoms with Gasteiger partial charge in [-0.1, -0.05) is 24.0 Å². The molecule has 3 fully saturated rings. The summed E-state index contributed by atoms with van der Waals surface area (Å²) >= 11 is 0. The summed E-state index contributed by atoms with van der Waals surface area (Å²) in [5, 5.41) is 18.8. The summed E-state index contributed by atoms with van der Waals surface area (Å²) in [6.07, 6.45) is -7.56. The van der Waals surface area contributed by atoms with Crippen LogP contribution in [0.3, 0.4) is 0 Å². The van der Waals surface area contributed by atoms with Crippen LogP contribution in [0, 0.1) is 34.3 Å². The lowest BCUT2D eigenvalue weighted by Gasteiger charge is -2.47. The number of hydrogen-bond donors (Lipinski definition) is 6. The van der Waals surface area contributed by atoms with Crippen molar-refractivity contribution in [1.29, 1.82) is 0 Å². The van der Waals surface area contributed by atoms with Crippen molar-refractivity contribution in [2.45, 2.75) is 129 Å². The molecule has 3 aliphatic rings. The van der Waals surface area contributed by atoms with E-state index in [0.29, 0.717) is 85.9 Å². The van der Waals surface area contributed by atoms with E-state index in [-0.39, 0.29) is 5.56 Å². The zero-order chi connectivity index (χ0) is 58.4. The van der Waals surface area contributed by atoms with Crippen molar-refractivity contribution in [3.8, 4) is 11.8 Å². The number of nitrogens with two attached hydrogens (primary N) is 1. The van der Waals surface area contributed by atoms with E-state index in [4.69, 9.17) is 10.5 Å². The average molecular weight is 1130 g/mol. The number of hydrogen-bond acceptors (Lipinski definition) is 12. The molecule has 6 atom stereocenters. The molecular weight excluding hydrogens is 1060 g/mol. The molecule has 0 spiro atoms. The summed E-state index contributed by atoms with van der Waals surface area (Å²) in [5.41, 5.74) is 1.51. The minimum Gasteiger partial charge on any atom is -0.398 e. The number of alkyl halides is 8. The molecule has 3 aromatic rings. The number of carbonyl (C=O) groups excluding carboxylic acids is 4. The lowest BCUT2D eigenvalue weighted by Crippen LogP contribution is -2.63. The highest BCUT2D eigenvalue weighted by Crippen LogP contribution is 2.42. The van der Waals surface area contributed by atoms with Gasteiger partial charge in [0, 0.05) is 92.5 Å². The Labute approximate surface area is 449 Å². The number of nitrogens with one attached hydrogen (secondary N) is 4. The predicted octanol–water partition coefficient (Wildman–Crippen LogP) is 5.51. The van der Waals surface area contributed by atoms with E-state index in [1.165, 1.54) is 12.1 Å². The summed E-state index contributed by atoms with van der Waals surface area (Å²) in [4.78, 5) is 64.7. The van der Waals surface area contributed by atoms with Gasteiger partial charge in [0.15, 0.2) is 0 Å². The third kappa shape index (κ3) is 15.3. The Balaban J connectivity index is 1.30. The van der Waals surface area contributed by atoms with Crippen molar-refractivity contribution in [2.75, 3.05) is 37.7 Å². The predicted molar refractivity (Wildman–Crippen MR) is 270 cm³/mol. The molecule has 6 rings (SSSR count). The molecule has 4 amide bonds. The standard InChI is InChI=1S/C53H62F10N10O6/c1-29(74)67-45(50(3,4)52(58,59)60)47(77)69-42(19-32-10-7-31(8-11-32)9-12-33-13-16-44(66-22-33)71-23-35-14-15-36(24-71)73(35)37-27-79-28-37)43(76)26-72(70-48(78)46(68-30(2)75)51(5,6)53(61,62)63)25-38-39(54)20-34(21-40(38)55)41(64)17-18-65-49(56)57/h7-8,10-11,13,16-18,20-22,35-37,42-43,45-46,49,76H,14-15,19,23-28,64H2,1-6H3,(H,67,74)(H,68,75)(H,69,77)(H,70,78)/t35?,36?,42-,43-,45?,46+/m0/s1. The van der Waals surface area contributed by atoms with Gasteiger partial charge < -0.3 is 36.4 Å². The van der Waals surface area contributed by atoms with E-state index < -0.39 is 120 Å². The molecule has 2 aromatic carbocycles. The van der Waals surface area contributed by atoms with Gasteiger partial charge in [0.1, 0.15) is 29.5 Å². The van der Waals surface area contributed by atoms with Crippen molar-refractivity contribution < 1.29 is 72.9 Å². The number of amides is 4. The zero-order valence-corrected chi connectivity index (χ0v) is 43.9. The van der Waals surface area contributed by atoms with Crippen LogP contribution in [0.2, 0.25) is 0 Å². The van der Waals surface area contributed by atoms with Crippen LogP contribution in [0.4, 0.5) is 49.7 Å². The molecular formula is C53H62F10N10O6. The Morgan fingerprint density at radius 2 is 1.35 bits per heavy atom. The zero-order valence-electron chi connectivity index (χ0n) is 43.9. The normalized spacial score (nSPS) is 19.1. The summed E-state index contributed by atoms with van der Waals surface area (Å²) < 4.78 is 149. The first-order chi connectivity index (χ1) is 36.9. The number of ether oxygens (including phenoxy) is 1.